The summed E-state index contributed by atoms with van der Waals surface area (Å²) in [6.45, 7) is 4.11. The van der Waals surface area contributed by atoms with E-state index < -0.39 is 0 Å². The second-order valence-electron chi connectivity index (χ2n) is 3.38. The van der Waals surface area contributed by atoms with Crippen LogP contribution >= 0.6 is 11.6 Å². The lowest BCUT2D eigenvalue weighted by molar-refractivity contribution is 0.688. The molecule has 0 fully saturated rings. The number of allylic oxidation sites excluding steroid dienone is 1. The van der Waals surface area contributed by atoms with Crippen LogP contribution in [0.4, 0.5) is 0 Å². The van der Waals surface area contributed by atoms with Crippen LogP contribution in [0.2, 0.25) is 5.02 Å². The summed E-state index contributed by atoms with van der Waals surface area (Å²) >= 11 is 6.05. The molecule has 0 aliphatic heterocycles. The molecule has 0 aliphatic carbocycles. The number of hydrogen-bond acceptors (Lipinski definition) is 2. The van der Waals surface area contributed by atoms with Gasteiger partial charge in [-0.1, -0.05) is 23.3 Å². The van der Waals surface area contributed by atoms with Crippen LogP contribution in [0, 0.1) is 0 Å². The molecule has 3 heteroatoms. The lowest BCUT2D eigenvalue weighted by Crippen LogP contribution is -2.16. The largest absolute Gasteiger partial charge is 0.308 e. The summed E-state index contributed by atoms with van der Waals surface area (Å²) in [5.41, 5.74) is 2.11. The fraction of sp³-hybridized carbons (Fsp3) is 0.364. The Bertz CT molecular complexity index is 330. The molecule has 1 aromatic heterocycles. The maximum absolute atomic E-state index is 6.05. The molecule has 1 unspecified atom stereocenters. The third kappa shape index (κ3) is 2.82. The highest BCUT2D eigenvalue weighted by atomic mass is 35.5. The van der Waals surface area contributed by atoms with Crippen LogP contribution in [-0.4, -0.2) is 12.0 Å². The standard InChI is InChI=1S/C11H15ClN2/c1-8(2)7-10(13-3)11-9(12)5-4-6-14-11/h4-7,10,13H,1-3H3. The molecule has 0 aliphatic rings. The molecule has 1 N–H and O–H groups in total. The van der Waals surface area contributed by atoms with Crippen molar-refractivity contribution >= 4 is 11.6 Å². The van der Waals surface area contributed by atoms with Crippen molar-refractivity contribution in [3.63, 3.8) is 0 Å². The number of hydrogen-bond donors (Lipinski definition) is 1. The summed E-state index contributed by atoms with van der Waals surface area (Å²) < 4.78 is 0. The van der Waals surface area contributed by atoms with Crippen molar-refractivity contribution in [2.24, 2.45) is 0 Å². The molecule has 2 nitrogen and oxygen atoms in total. The molecule has 0 saturated heterocycles. The van der Waals surface area contributed by atoms with E-state index in [1.54, 1.807) is 6.20 Å². The molecule has 1 atom stereocenters. The van der Waals surface area contributed by atoms with Crippen molar-refractivity contribution in [3.05, 3.63) is 40.7 Å². The van der Waals surface area contributed by atoms with E-state index in [0.29, 0.717) is 5.02 Å². The van der Waals surface area contributed by atoms with Gasteiger partial charge in [0.2, 0.25) is 0 Å². The van der Waals surface area contributed by atoms with Gasteiger partial charge in [-0.2, -0.15) is 0 Å². The Balaban J connectivity index is 3.01. The second kappa shape index (κ2) is 5.13. The topological polar surface area (TPSA) is 24.9 Å². The molecule has 1 aromatic rings. The molecule has 1 heterocycles. The third-order valence-electron chi connectivity index (χ3n) is 1.89. The molecular weight excluding hydrogens is 196 g/mol. The van der Waals surface area contributed by atoms with Crippen molar-refractivity contribution in [3.8, 4) is 0 Å². The van der Waals surface area contributed by atoms with Gasteiger partial charge in [0, 0.05) is 6.20 Å². The van der Waals surface area contributed by atoms with Gasteiger partial charge in [-0.25, -0.2) is 0 Å². The highest BCUT2D eigenvalue weighted by Gasteiger charge is 2.10. The number of nitrogens with zero attached hydrogens (tertiary/aromatic N) is 1. The quantitative estimate of drug-likeness (QED) is 0.776. The fourth-order valence-corrected chi connectivity index (χ4v) is 1.50. The van der Waals surface area contributed by atoms with E-state index in [0.717, 1.165) is 5.69 Å². The van der Waals surface area contributed by atoms with Gasteiger partial charge in [0.15, 0.2) is 0 Å². The number of halogens is 1. The molecule has 0 saturated carbocycles. The van der Waals surface area contributed by atoms with Gasteiger partial charge in [-0.05, 0) is 33.0 Å². The van der Waals surface area contributed by atoms with E-state index >= 15 is 0 Å². The molecule has 0 amide bonds. The summed E-state index contributed by atoms with van der Waals surface area (Å²) in [4.78, 5) is 4.26. The first-order chi connectivity index (χ1) is 6.65. The lowest BCUT2D eigenvalue weighted by atomic mass is 10.1. The summed E-state index contributed by atoms with van der Waals surface area (Å²) in [6, 6.07) is 3.78. The lowest BCUT2D eigenvalue weighted by Gasteiger charge is -2.13. The van der Waals surface area contributed by atoms with E-state index in [1.807, 2.05) is 19.2 Å². The van der Waals surface area contributed by atoms with Crippen molar-refractivity contribution in [1.29, 1.82) is 0 Å². The van der Waals surface area contributed by atoms with Crippen LogP contribution in [0.5, 0.6) is 0 Å². The third-order valence-corrected chi connectivity index (χ3v) is 2.21. The monoisotopic (exact) mass is 210 g/mol. The Morgan fingerprint density at radius 2 is 2.29 bits per heavy atom. The molecule has 1 rings (SSSR count). The van der Waals surface area contributed by atoms with Gasteiger partial charge in [0.05, 0.1) is 16.8 Å². The van der Waals surface area contributed by atoms with Gasteiger partial charge in [0.25, 0.3) is 0 Å². The van der Waals surface area contributed by atoms with Crippen LogP contribution in [0.25, 0.3) is 0 Å². The predicted molar refractivity (Wildman–Crippen MR) is 60.5 cm³/mol. The first kappa shape index (κ1) is 11.2. The smallest absolute Gasteiger partial charge is 0.0798 e. The predicted octanol–water partition coefficient (Wildman–Crippen LogP) is 2.96. The number of aromatic nitrogens is 1. The minimum absolute atomic E-state index is 0.0914. The normalized spacial score (nSPS) is 12.3. The van der Waals surface area contributed by atoms with Gasteiger partial charge < -0.3 is 5.32 Å². The first-order valence-corrected chi connectivity index (χ1v) is 4.95. The number of nitrogens with one attached hydrogen (secondary N) is 1. The Hall–Kier alpha value is -0.860. The Kier molecular flexibility index (Phi) is 4.11. The fourth-order valence-electron chi connectivity index (χ4n) is 1.26. The Morgan fingerprint density at radius 3 is 2.79 bits per heavy atom. The number of pyridine rings is 1. The molecule has 14 heavy (non-hydrogen) atoms. The van der Waals surface area contributed by atoms with Crippen LogP contribution in [0.15, 0.2) is 30.0 Å². The zero-order chi connectivity index (χ0) is 10.6. The zero-order valence-electron chi connectivity index (χ0n) is 8.71. The van der Waals surface area contributed by atoms with E-state index in [-0.39, 0.29) is 6.04 Å². The average molecular weight is 211 g/mol. The maximum Gasteiger partial charge on any atom is 0.0798 e. The van der Waals surface area contributed by atoms with Gasteiger partial charge in [-0.15, -0.1) is 0 Å². The van der Waals surface area contributed by atoms with Crippen LogP contribution in [-0.2, 0) is 0 Å². The van der Waals surface area contributed by atoms with E-state index in [2.05, 4.69) is 30.2 Å². The van der Waals surface area contributed by atoms with E-state index in [9.17, 15) is 0 Å². The molecular formula is C11H15ClN2. The maximum atomic E-state index is 6.05. The molecule has 76 valence electrons. The molecule has 0 aromatic carbocycles. The SMILES string of the molecule is CNC(C=C(C)C)c1ncccc1Cl. The van der Waals surface area contributed by atoms with Gasteiger partial charge >= 0.3 is 0 Å². The summed E-state index contributed by atoms with van der Waals surface area (Å²) in [6.07, 6.45) is 3.86. The zero-order valence-corrected chi connectivity index (χ0v) is 9.47. The average Bonchev–Trinajstić information content (AvgIpc) is 2.15. The van der Waals surface area contributed by atoms with Crippen molar-refractivity contribution in [2.45, 2.75) is 19.9 Å². The van der Waals surface area contributed by atoms with Crippen molar-refractivity contribution in [1.82, 2.24) is 10.3 Å². The highest BCUT2D eigenvalue weighted by molar-refractivity contribution is 6.31. The van der Waals surface area contributed by atoms with E-state index in [4.69, 9.17) is 11.6 Å². The highest BCUT2D eigenvalue weighted by Crippen LogP contribution is 2.21. The minimum Gasteiger partial charge on any atom is -0.308 e. The van der Waals surface area contributed by atoms with Crippen molar-refractivity contribution in [2.75, 3.05) is 7.05 Å². The Morgan fingerprint density at radius 1 is 1.57 bits per heavy atom. The molecule has 0 radical (unpaired) electrons. The second-order valence-corrected chi connectivity index (χ2v) is 3.79. The van der Waals surface area contributed by atoms with Crippen LogP contribution in [0.1, 0.15) is 25.6 Å². The van der Waals surface area contributed by atoms with Crippen LogP contribution in [0.3, 0.4) is 0 Å². The number of rotatable bonds is 3. The minimum atomic E-state index is 0.0914. The first-order valence-electron chi connectivity index (χ1n) is 4.58. The molecule has 0 spiro atoms. The summed E-state index contributed by atoms with van der Waals surface area (Å²) in [5, 5.41) is 3.87. The number of likely N-dealkylation sites (N-methyl/N-ethyl adjacent to an activating group) is 1. The Labute approximate surface area is 90.0 Å². The molecule has 0 bridgehead atoms. The van der Waals surface area contributed by atoms with Gasteiger partial charge in [0.1, 0.15) is 0 Å². The van der Waals surface area contributed by atoms with Crippen molar-refractivity contribution < 1.29 is 0 Å². The van der Waals surface area contributed by atoms with Gasteiger partial charge in [-0.3, -0.25) is 4.98 Å². The van der Waals surface area contributed by atoms with E-state index in [1.165, 1.54) is 5.57 Å². The summed E-state index contributed by atoms with van der Waals surface area (Å²) in [5.74, 6) is 0. The summed E-state index contributed by atoms with van der Waals surface area (Å²) in [7, 11) is 1.90. The van der Waals surface area contributed by atoms with Crippen LogP contribution < -0.4 is 5.32 Å².